The number of nitrogens with two attached hydrogens (primary N) is 1. The molecule has 5 heteroatoms. The van der Waals surface area contributed by atoms with Crippen LogP contribution < -0.4 is 5.73 Å². The molecule has 0 radical (unpaired) electrons. The van der Waals surface area contributed by atoms with Crippen LogP contribution in [0.5, 0.6) is 0 Å². The number of rotatable bonds is 0. The SMILES string of the molecule is NC1C(=O)P1O.O. The summed E-state index contributed by atoms with van der Waals surface area (Å²) in [5.74, 6) is -0.500. The Morgan fingerprint density at radius 3 is 2.00 bits per heavy atom. The Labute approximate surface area is 41.5 Å². The lowest BCUT2D eigenvalue weighted by Gasteiger charge is -1.64. The second kappa shape index (κ2) is 1.84. The van der Waals surface area contributed by atoms with Crippen LogP contribution in [0.4, 0.5) is 0 Å². The first-order chi connectivity index (χ1) is 2.73. The smallest absolute Gasteiger partial charge is 0.207 e. The molecule has 1 fully saturated rings. The van der Waals surface area contributed by atoms with Gasteiger partial charge in [0.15, 0.2) is 0 Å². The average Bonchev–Trinajstić information content (AvgIpc) is 1.94. The molecular weight excluding hydrogens is 117 g/mol. The van der Waals surface area contributed by atoms with Crippen LogP contribution in [0.25, 0.3) is 0 Å². The first kappa shape index (κ1) is 6.98. The third kappa shape index (κ3) is 0.951. The minimum Gasteiger partial charge on any atom is -0.412 e. The van der Waals surface area contributed by atoms with E-state index < -0.39 is 13.9 Å². The zero-order valence-electron chi connectivity index (χ0n) is 3.46. The van der Waals surface area contributed by atoms with E-state index in [0.29, 0.717) is 0 Å². The highest BCUT2D eigenvalue weighted by molar-refractivity contribution is 7.83. The molecule has 4 nitrogen and oxygen atoms in total. The molecule has 0 aromatic rings. The molecule has 0 aliphatic carbocycles. The molecule has 1 rings (SSSR count). The summed E-state index contributed by atoms with van der Waals surface area (Å²) < 4.78 is 0. The van der Waals surface area contributed by atoms with Crippen molar-refractivity contribution in [1.82, 2.24) is 0 Å². The molecule has 0 saturated carbocycles. The third-order valence-corrected chi connectivity index (χ3v) is 1.89. The summed E-state index contributed by atoms with van der Waals surface area (Å²) in [6.45, 7) is 0. The van der Waals surface area contributed by atoms with Crippen molar-refractivity contribution in [2.24, 2.45) is 5.73 Å². The average molecular weight is 123 g/mol. The lowest BCUT2D eigenvalue weighted by Crippen LogP contribution is -1.99. The summed E-state index contributed by atoms with van der Waals surface area (Å²) in [6, 6.07) is 0. The van der Waals surface area contributed by atoms with Crippen molar-refractivity contribution in [2.75, 3.05) is 0 Å². The summed E-state index contributed by atoms with van der Waals surface area (Å²) in [6.07, 6.45) is 0. The second-order valence-corrected chi connectivity index (χ2v) is 2.81. The van der Waals surface area contributed by atoms with E-state index in [2.05, 4.69) is 0 Å². The van der Waals surface area contributed by atoms with E-state index in [0.717, 1.165) is 0 Å². The summed E-state index contributed by atoms with van der Waals surface area (Å²) >= 11 is 0. The minimum atomic E-state index is -1.35. The molecule has 0 aromatic heterocycles. The van der Waals surface area contributed by atoms with Crippen LogP contribution in [-0.2, 0) is 4.79 Å². The number of hydrogen-bond donors (Lipinski definition) is 2. The Morgan fingerprint density at radius 2 is 2.00 bits per heavy atom. The Bertz CT molecular complexity index is 84.9. The normalized spacial score (nSPS) is 37.1. The predicted molar refractivity (Wildman–Crippen MR) is 25.7 cm³/mol. The summed E-state index contributed by atoms with van der Waals surface area (Å²) in [5, 5.41) is 0. The van der Waals surface area contributed by atoms with Crippen molar-refractivity contribution in [3.63, 3.8) is 0 Å². The number of carbonyl (C=O) groups is 1. The molecule has 1 heterocycles. The first-order valence-corrected chi connectivity index (χ1v) is 2.87. The van der Waals surface area contributed by atoms with E-state index in [1.165, 1.54) is 0 Å². The Balaban J connectivity index is 0.000000360. The van der Waals surface area contributed by atoms with Crippen LogP contribution in [-0.4, -0.2) is 21.7 Å². The fourth-order valence-corrected chi connectivity index (χ4v) is 0.703. The topological polar surface area (TPSA) is 94.8 Å². The van der Waals surface area contributed by atoms with Crippen LogP contribution in [0.1, 0.15) is 0 Å². The fourth-order valence-electron chi connectivity index (χ4n) is 0.183. The van der Waals surface area contributed by atoms with Gasteiger partial charge in [-0.05, 0) is 0 Å². The highest BCUT2D eigenvalue weighted by Crippen LogP contribution is 2.53. The van der Waals surface area contributed by atoms with Crippen LogP contribution >= 0.6 is 8.15 Å². The van der Waals surface area contributed by atoms with Crippen molar-refractivity contribution in [3.8, 4) is 0 Å². The Kier molecular flexibility index (Phi) is 1.83. The van der Waals surface area contributed by atoms with E-state index in [1.807, 2.05) is 0 Å². The van der Waals surface area contributed by atoms with Gasteiger partial charge in [-0.2, -0.15) is 0 Å². The molecule has 5 N–H and O–H groups in total. The van der Waals surface area contributed by atoms with Crippen LogP contribution in [0.2, 0.25) is 0 Å². The zero-order chi connectivity index (χ0) is 4.73. The zero-order valence-corrected chi connectivity index (χ0v) is 4.35. The highest BCUT2D eigenvalue weighted by atomic mass is 31.2. The van der Waals surface area contributed by atoms with Crippen molar-refractivity contribution in [3.05, 3.63) is 0 Å². The molecule has 2 unspecified atom stereocenters. The molecule has 0 aromatic carbocycles. The second-order valence-electron chi connectivity index (χ2n) is 1.13. The first-order valence-electron chi connectivity index (χ1n) is 1.51. The maximum Gasteiger partial charge on any atom is 0.207 e. The van der Waals surface area contributed by atoms with Gasteiger partial charge in [0, 0.05) is 0 Å². The molecule has 1 aliphatic heterocycles. The fraction of sp³-hybridized carbons (Fsp3) is 0.500. The number of carbonyl (C=O) groups excluding carboxylic acids is 1. The van der Waals surface area contributed by atoms with E-state index in [9.17, 15) is 4.79 Å². The van der Waals surface area contributed by atoms with Gasteiger partial charge in [-0.3, -0.25) is 4.79 Å². The van der Waals surface area contributed by atoms with E-state index >= 15 is 0 Å². The van der Waals surface area contributed by atoms with Crippen LogP contribution in [0, 0.1) is 0 Å². The maximum absolute atomic E-state index is 9.87. The van der Waals surface area contributed by atoms with Gasteiger partial charge < -0.3 is 16.1 Å². The summed E-state index contributed by atoms with van der Waals surface area (Å²) in [5.41, 5.74) is 4.76. The van der Waals surface area contributed by atoms with Gasteiger partial charge in [-0.1, -0.05) is 0 Å². The highest BCUT2D eigenvalue weighted by Gasteiger charge is 2.45. The molecular formula is C2H6NO3P. The van der Waals surface area contributed by atoms with Crippen LogP contribution in [0.3, 0.4) is 0 Å². The largest absolute Gasteiger partial charge is 0.412 e. The van der Waals surface area contributed by atoms with E-state index in [4.69, 9.17) is 10.6 Å². The van der Waals surface area contributed by atoms with Crippen molar-refractivity contribution >= 4 is 13.7 Å². The quantitative estimate of drug-likeness (QED) is 0.379. The molecule has 0 spiro atoms. The van der Waals surface area contributed by atoms with Gasteiger partial charge in [0.05, 0.1) is 0 Å². The monoisotopic (exact) mass is 123 g/mol. The maximum atomic E-state index is 9.87. The summed E-state index contributed by atoms with van der Waals surface area (Å²) in [4.78, 5) is 18.2. The summed E-state index contributed by atoms with van der Waals surface area (Å²) in [7, 11) is -1.35. The standard InChI is InChI=1S/C2H4NO2P.H2O/c3-1-2(4)6(1)5;/h1,5H,3H2;1H2. The van der Waals surface area contributed by atoms with E-state index in [1.54, 1.807) is 0 Å². The number of hydrogen-bond acceptors (Lipinski definition) is 3. The Morgan fingerprint density at radius 1 is 1.86 bits per heavy atom. The molecule has 7 heavy (non-hydrogen) atoms. The van der Waals surface area contributed by atoms with Gasteiger partial charge in [-0.25, -0.2) is 0 Å². The van der Waals surface area contributed by atoms with Crippen LogP contribution in [0.15, 0.2) is 0 Å². The lowest BCUT2D eigenvalue weighted by atomic mass is 10.8. The van der Waals surface area contributed by atoms with Gasteiger partial charge in [-0.15, -0.1) is 0 Å². The lowest BCUT2D eigenvalue weighted by molar-refractivity contribution is -0.108. The van der Waals surface area contributed by atoms with Gasteiger partial charge in [0.1, 0.15) is 13.9 Å². The molecule has 0 bridgehead atoms. The molecule has 2 atom stereocenters. The van der Waals surface area contributed by atoms with Crippen molar-refractivity contribution in [1.29, 1.82) is 0 Å². The van der Waals surface area contributed by atoms with Crippen molar-refractivity contribution in [2.45, 2.75) is 5.78 Å². The predicted octanol–water partition coefficient (Wildman–Crippen LogP) is -1.62. The van der Waals surface area contributed by atoms with Gasteiger partial charge >= 0.3 is 0 Å². The third-order valence-electron chi connectivity index (χ3n) is 0.675. The molecule has 1 aliphatic rings. The van der Waals surface area contributed by atoms with Crippen molar-refractivity contribution < 1.29 is 15.2 Å². The molecule has 1 saturated heterocycles. The van der Waals surface area contributed by atoms with E-state index in [-0.39, 0.29) is 11.0 Å². The minimum absolute atomic E-state index is 0. The van der Waals surface area contributed by atoms with Gasteiger partial charge in [0.25, 0.3) is 0 Å². The Hall–Kier alpha value is -0.0200. The van der Waals surface area contributed by atoms with Gasteiger partial charge in [0.2, 0.25) is 5.52 Å². The molecule has 42 valence electrons. The molecule has 0 amide bonds.